The third-order valence-electron chi connectivity index (χ3n) is 2.82. The molecule has 1 fully saturated rings. The van der Waals surface area contributed by atoms with E-state index in [1.165, 1.54) is 16.8 Å². The van der Waals surface area contributed by atoms with E-state index in [-0.39, 0.29) is 31.1 Å². The molecular formula is C12H21N3O4. The summed E-state index contributed by atoms with van der Waals surface area (Å²) < 4.78 is 0. The van der Waals surface area contributed by atoms with Gasteiger partial charge in [-0.25, -0.2) is 4.79 Å². The molecule has 7 heteroatoms. The summed E-state index contributed by atoms with van der Waals surface area (Å²) in [6, 6.07) is -0.447. The van der Waals surface area contributed by atoms with Gasteiger partial charge in [0.1, 0.15) is 13.1 Å². The van der Waals surface area contributed by atoms with E-state index in [0.717, 1.165) is 12.8 Å². The van der Waals surface area contributed by atoms with Crippen molar-refractivity contribution in [2.75, 3.05) is 20.1 Å². The van der Waals surface area contributed by atoms with Crippen LogP contribution in [0, 0.1) is 0 Å². The molecule has 1 rings (SSSR count). The number of carbonyl (C=O) groups excluding carboxylic acids is 2. The number of nitrogens with zero attached hydrogens (tertiary/aromatic N) is 2. The van der Waals surface area contributed by atoms with Crippen LogP contribution in [0.15, 0.2) is 0 Å². The van der Waals surface area contributed by atoms with Gasteiger partial charge in [0.25, 0.3) is 0 Å². The highest BCUT2D eigenvalue weighted by Gasteiger charge is 2.27. The second-order valence-corrected chi connectivity index (χ2v) is 5.10. The molecule has 0 aliphatic heterocycles. The average molecular weight is 271 g/mol. The highest BCUT2D eigenvalue weighted by Crippen LogP contribution is 2.18. The van der Waals surface area contributed by atoms with Crippen molar-refractivity contribution in [2.45, 2.75) is 38.8 Å². The van der Waals surface area contributed by atoms with E-state index in [1.807, 2.05) is 0 Å². The molecule has 0 aromatic heterocycles. The van der Waals surface area contributed by atoms with Gasteiger partial charge in [-0.3, -0.25) is 9.59 Å². The third-order valence-corrected chi connectivity index (χ3v) is 2.82. The zero-order chi connectivity index (χ0) is 14.6. The average Bonchev–Trinajstić information content (AvgIpc) is 3.07. The van der Waals surface area contributed by atoms with Gasteiger partial charge < -0.3 is 20.2 Å². The van der Waals surface area contributed by atoms with Crippen LogP contribution in [0.2, 0.25) is 0 Å². The van der Waals surface area contributed by atoms with Crippen molar-refractivity contribution < 1.29 is 19.5 Å². The number of likely N-dealkylation sites (N-methyl/N-ethyl adjacent to an activating group) is 1. The summed E-state index contributed by atoms with van der Waals surface area (Å²) in [5.74, 6) is -1.28. The largest absolute Gasteiger partial charge is 0.480 e. The fourth-order valence-corrected chi connectivity index (χ4v) is 1.62. The van der Waals surface area contributed by atoms with Gasteiger partial charge in [0, 0.05) is 19.1 Å². The summed E-state index contributed by atoms with van der Waals surface area (Å²) in [7, 11) is 1.49. The first-order valence-corrected chi connectivity index (χ1v) is 6.34. The first kappa shape index (κ1) is 15.3. The molecule has 0 heterocycles. The van der Waals surface area contributed by atoms with Crippen LogP contribution >= 0.6 is 0 Å². The molecule has 0 spiro atoms. The minimum atomic E-state index is -1.07. The fourth-order valence-electron chi connectivity index (χ4n) is 1.62. The number of carboxylic acids is 1. The van der Waals surface area contributed by atoms with E-state index < -0.39 is 12.0 Å². The maximum absolute atomic E-state index is 12.1. The van der Waals surface area contributed by atoms with E-state index in [1.54, 1.807) is 13.8 Å². The first-order chi connectivity index (χ1) is 8.81. The lowest BCUT2D eigenvalue weighted by Crippen LogP contribution is -2.49. The van der Waals surface area contributed by atoms with E-state index in [0.29, 0.717) is 0 Å². The van der Waals surface area contributed by atoms with Gasteiger partial charge in [-0.15, -0.1) is 0 Å². The van der Waals surface area contributed by atoms with Crippen LogP contribution in [-0.2, 0) is 9.59 Å². The topological polar surface area (TPSA) is 90.0 Å². The van der Waals surface area contributed by atoms with Crippen molar-refractivity contribution in [1.29, 1.82) is 0 Å². The van der Waals surface area contributed by atoms with Crippen LogP contribution in [0.25, 0.3) is 0 Å². The number of urea groups is 1. The van der Waals surface area contributed by atoms with Crippen LogP contribution in [0.1, 0.15) is 26.7 Å². The second kappa shape index (κ2) is 6.40. The second-order valence-electron chi connectivity index (χ2n) is 5.10. The summed E-state index contributed by atoms with van der Waals surface area (Å²) in [4.78, 5) is 36.8. The van der Waals surface area contributed by atoms with Crippen LogP contribution in [0.5, 0.6) is 0 Å². The van der Waals surface area contributed by atoms with Gasteiger partial charge in [-0.05, 0) is 26.7 Å². The Morgan fingerprint density at radius 1 is 1.26 bits per heavy atom. The molecule has 1 aliphatic carbocycles. The van der Waals surface area contributed by atoms with E-state index >= 15 is 0 Å². The Bertz CT molecular complexity index is 366. The zero-order valence-electron chi connectivity index (χ0n) is 11.5. The smallest absolute Gasteiger partial charge is 0.323 e. The van der Waals surface area contributed by atoms with Crippen molar-refractivity contribution in [2.24, 2.45) is 0 Å². The molecule has 19 heavy (non-hydrogen) atoms. The summed E-state index contributed by atoms with van der Waals surface area (Å²) in [5.41, 5.74) is 0. The SMILES string of the molecule is CC(C)N(CC(=O)O)C(=O)N(C)CC(=O)NC1CC1. The maximum Gasteiger partial charge on any atom is 0.323 e. The van der Waals surface area contributed by atoms with Crippen molar-refractivity contribution in [3.8, 4) is 0 Å². The Morgan fingerprint density at radius 3 is 2.26 bits per heavy atom. The number of carboxylic acid groups (broad SMARTS) is 1. The molecule has 2 N–H and O–H groups in total. The van der Waals surface area contributed by atoms with Crippen LogP contribution < -0.4 is 5.32 Å². The highest BCUT2D eigenvalue weighted by molar-refractivity contribution is 5.85. The summed E-state index contributed by atoms with van der Waals surface area (Å²) in [5, 5.41) is 11.6. The number of nitrogens with one attached hydrogen (secondary N) is 1. The van der Waals surface area contributed by atoms with Gasteiger partial charge >= 0.3 is 12.0 Å². The maximum atomic E-state index is 12.1. The lowest BCUT2D eigenvalue weighted by Gasteiger charge is -2.29. The molecule has 0 unspecified atom stereocenters. The van der Waals surface area contributed by atoms with Gasteiger partial charge in [-0.2, -0.15) is 0 Å². The summed E-state index contributed by atoms with van der Waals surface area (Å²) in [6.07, 6.45) is 1.97. The van der Waals surface area contributed by atoms with Crippen molar-refractivity contribution in [1.82, 2.24) is 15.1 Å². The molecule has 0 saturated heterocycles. The number of hydrogen-bond donors (Lipinski definition) is 2. The van der Waals surface area contributed by atoms with Gasteiger partial charge in [0.2, 0.25) is 5.91 Å². The Labute approximate surface area is 112 Å². The van der Waals surface area contributed by atoms with Gasteiger partial charge in [0.15, 0.2) is 0 Å². The molecule has 1 aliphatic rings. The predicted octanol–water partition coefficient (Wildman–Crippen LogP) is 0.112. The number of hydrogen-bond acceptors (Lipinski definition) is 3. The zero-order valence-corrected chi connectivity index (χ0v) is 11.5. The molecule has 3 amide bonds. The number of rotatable bonds is 6. The Balaban J connectivity index is 2.51. The van der Waals surface area contributed by atoms with Crippen molar-refractivity contribution in [3.05, 3.63) is 0 Å². The molecule has 0 aromatic rings. The molecule has 1 saturated carbocycles. The third kappa shape index (κ3) is 5.15. The molecule has 0 radical (unpaired) electrons. The monoisotopic (exact) mass is 271 g/mol. The molecule has 108 valence electrons. The minimum absolute atomic E-state index is 0.0574. The highest BCUT2D eigenvalue weighted by atomic mass is 16.4. The van der Waals surface area contributed by atoms with E-state index in [4.69, 9.17) is 5.11 Å². The van der Waals surface area contributed by atoms with Crippen molar-refractivity contribution >= 4 is 17.9 Å². The predicted molar refractivity (Wildman–Crippen MR) is 68.7 cm³/mol. The Morgan fingerprint density at radius 2 is 1.84 bits per heavy atom. The summed E-state index contributed by atoms with van der Waals surface area (Å²) >= 11 is 0. The van der Waals surface area contributed by atoms with Crippen LogP contribution in [0.3, 0.4) is 0 Å². The first-order valence-electron chi connectivity index (χ1n) is 6.34. The van der Waals surface area contributed by atoms with Crippen molar-refractivity contribution in [3.63, 3.8) is 0 Å². The van der Waals surface area contributed by atoms with Gasteiger partial charge in [-0.1, -0.05) is 0 Å². The molecular weight excluding hydrogens is 250 g/mol. The Kier molecular flexibility index (Phi) is 5.14. The minimum Gasteiger partial charge on any atom is -0.480 e. The molecule has 7 nitrogen and oxygen atoms in total. The number of amides is 3. The fraction of sp³-hybridized carbons (Fsp3) is 0.750. The van der Waals surface area contributed by atoms with Gasteiger partial charge in [0.05, 0.1) is 0 Å². The van der Waals surface area contributed by atoms with E-state index in [9.17, 15) is 14.4 Å². The van der Waals surface area contributed by atoms with E-state index in [2.05, 4.69) is 5.32 Å². The lowest BCUT2D eigenvalue weighted by atomic mass is 10.3. The molecule has 0 bridgehead atoms. The standard InChI is InChI=1S/C12H21N3O4/c1-8(2)15(7-11(17)18)12(19)14(3)6-10(16)13-9-4-5-9/h8-9H,4-7H2,1-3H3,(H,13,16)(H,17,18). The normalized spacial score (nSPS) is 14.1. The Hall–Kier alpha value is -1.79. The van der Waals surface area contributed by atoms with Crippen LogP contribution in [0.4, 0.5) is 4.79 Å². The number of carbonyl (C=O) groups is 3. The molecule has 0 atom stereocenters. The molecule has 0 aromatic carbocycles. The quantitative estimate of drug-likeness (QED) is 0.717. The summed E-state index contributed by atoms with van der Waals surface area (Å²) in [6.45, 7) is 3.04. The van der Waals surface area contributed by atoms with Crippen LogP contribution in [-0.4, -0.2) is 65.0 Å². The lowest BCUT2D eigenvalue weighted by molar-refractivity contribution is -0.138. The number of aliphatic carboxylic acids is 1.